The van der Waals surface area contributed by atoms with Crippen molar-refractivity contribution in [2.45, 2.75) is 62.9 Å². The summed E-state index contributed by atoms with van der Waals surface area (Å²) in [5.74, 6) is -1.14. The van der Waals surface area contributed by atoms with E-state index in [1.807, 2.05) is 36.4 Å². The predicted octanol–water partition coefficient (Wildman–Crippen LogP) is 5.85. The van der Waals surface area contributed by atoms with Crippen LogP contribution in [0.4, 0.5) is 8.78 Å². The molecule has 4 aromatic rings. The molecule has 3 aromatic heterocycles. The minimum atomic E-state index is -0.862. The van der Waals surface area contributed by atoms with Crippen molar-refractivity contribution in [1.29, 1.82) is 0 Å². The molecule has 38 heavy (non-hydrogen) atoms. The first-order valence-electron chi connectivity index (χ1n) is 13.1. The van der Waals surface area contributed by atoms with E-state index in [0.717, 1.165) is 36.2 Å². The molecule has 8 heteroatoms. The van der Waals surface area contributed by atoms with Crippen molar-refractivity contribution in [2.75, 3.05) is 0 Å². The molecule has 2 atom stereocenters. The van der Waals surface area contributed by atoms with Crippen LogP contribution in [0.25, 0.3) is 22.6 Å². The van der Waals surface area contributed by atoms with Gasteiger partial charge < -0.3 is 5.11 Å². The van der Waals surface area contributed by atoms with Crippen LogP contribution < -0.4 is 0 Å². The molecule has 0 spiro atoms. The van der Waals surface area contributed by atoms with E-state index in [4.69, 9.17) is 4.98 Å². The molecular formula is C30H27F2N5O. The Hall–Kier alpha value is -3.65. The average Bonchev–Trinajstić information content (AvgIpc) is 3.28. The number of nitrogens with zero attached hydrogens (tertiary/aromatic N) is 5. The second kappa shape index (κ2) is 7.93. The molecule has 2 saturated carbocycles. The standard InChI is InChI=1S/C30H27F2N5O/c1-28(2)18-12-15-30(28,27-17(18)16-23(35-37-27)26-19(31)6-3-7-20(26)32)25-9-4-8-21(33-25)22-10-11-24(36-34-22)29(38)13-5-14-29/h3-4,6-11,16,18,38H,5,12-15H2,1-2H3/t18-,30-/m0/s1. The van der Waals surface area contributed by atoms with Crippen molar-refractivity contribution >= 4 is 0 Å². The van der Waals surface area contributed by atoms with Gasteiger partial charge >= 0.3 is 0 Å². The van der Waals surface area contributed by atoms with Gasteiger partial charge in [0.15, 0.2) is 0 Å². The summed E-state index contributed by atoms with van der Waals surface area (Å²) in [4.78, 5) is 5.07. The summed E-state index contributed by atoms with van der Waals surface area (Å²) < 4.78 is 29.1. The molecule has 0 radical (unpaired) electrons. The summed E-state index contributed by atoms with van der Waals surface area (Å²) in [7, 11) is 0. The lowest BCUT2D eigenvalue weighted by Crippen LogP contribution is -2.37. The number of rotatable bonds is 4. The number of hydrogen-bond donors (Lipinski definition) is 1. The average molecular weight is 512 g/mol. The minimum Gasteiger partial charge on any atom is -0.383 e. The van der Waals surface area contributed by atoms with Crippen molar-refractivity contribution in [3.63, 3.8) is 0 Å². The number of fused-ring (bicyclic) bond motifs is 5. The highest BCUT2D eigenvalue weighted by Crippen LogP contribution is 2.69. The Morgan fingerprint density at radius 1 is 0.789 bits per heavy atom. The molecule has 2 fully saturated rings. The summed E-state index contributed by atoms with van der Waals surface area (Å²) in [6, 6.07) is 15.2. The largest absolute Gasteiger partial charge is 0.383 e. The number of aliphatic hydroxyl groups is 1. The highest BCUT2D eigenvalue weighted by Gasteiger charge is 2.65. The summed E-state index contributed by atoms with van der Waals surface area (Å²) in [5.41, 5.74) is 3.11. The van der Waals surface area contributed by atoms with Gasteiger partial charge in [0, 0.05) is 0 Å². The van der Waals surface area contributed by atoms with Crippen molar-refractivity contribution in [3.05, 3.63) is 88.9 Å². The van der Waals surface area contributed by atoms with Crippen LogP contribution in [-0.2, 0) is 11.0 Å². The first kappa shape index (κ1) is 23.5. The number of benzene rings is 1. The van der Waals surface area contributed by atoms with Gasteiger partial charge in [0.05, 0.1) is 39.4 Å². The predicted molar refractivity (Wildman–Crippen MR) is 137 cm³/mol. The van der Waals surface area contributed by atoms with Crippen LogP contribution in [-0.4, -0.2) is 30.5 Å². The van der Waals surface area contributed by atoms with Gasteiger partial charge in [-0.1, -0.05) is 26.0 Å². The third kappa shape index (κ3) is 3.04. The Bertz CT molecular complexity index is 1560. The molecular weight excluding hydrogens is 484 g/mol. The van der Waals surface area contributed by atoms with E-state index in [1.165, 1.54) is 18.2 Å². The highest BCUT2D eigenvalue weighted by atomic mass is 19.1. The van der Waals surface area contributed by atoms with Gasteiger partial charge in [-0.25, -0.2) is 8.78 Å². The molecule has 192 valence electrons. The van der Waals surface area contributed by atoms with E-state index < -0.39 is 22.7 Å². The van der Waals surface area contributed by atoms with E-state index in [0.29, 0.717) is 29.9 Å². The van der Waals surface area contributed by atoms with Crippen molar-refractivity contribution in [2.24, 2.45) is 5.41 Å². The molecule has 0 unspecified atom stereocenters. The summed E-state index contributed by atoms with van der Waals surface area (Å²) in [6.07, 6.45) is 4.18. The fourth-order valence-electron chi connectivity index (χ4n) is 7.06. The van der Waals surface area contributed by atoms with Crippen molar-refractivity contribution in [1.82, 2.24) is 25.4 Å². The van der Waals surface area contributed by atoms with E-state index in [1.54, 1.807) is 0 Å². The Kier molecular flexibility index (Phi) is 4.90. The van der Waals surface area contributed by atoms with Crippen molar-refractivity contribution in [3.8, 4) is 22.6 Å². The van der Waals surface area contributed by atoms with Gasteiger partial charge in [0.25, 0.3) is 0 Å². The maximum atomic E-state index is 14.5. The van der Waals surface area contributed by atoms with Crippen LogP contribution in [0.15, 0.2) is 54.6 Å². The molecule has 0 aliphatic heterocycles. The molecule has 3 aliphatic rings. The van der Waals surface area contributed by atoms with Crippen LogP contribution in [0.1, 0.15) is 74.5 Å². The normalized spacial score (nSPS) is 24.2. The molecule has 0 saturated heterocycles. The van der Waals surface area contributed by atoms with Crippen molar-refractivity contribution < 1.29 is 13.9 Å². The maximum absolute atomic E-state index is 14.5. The number of halogens is 2. The highest BCUT2D eigenvalue weighted by molar-refractivity contribution is 5.64. The zero-order chi connectivity index (χ0) is 26.3. The maximum Gasteiger partial charge on any atom is 0.135 e. The van der Waals surface area contributed by atoms with Gasteiger partial charge in [0.1, 0.15) is 22.9 Å². The van der Waals surface area contributed by atoms with E-state index >= 15 is 0 Å². The SMILES string of the molecule is CC1(C)[C@H]2CC[C@]1(c1cccc(-c3ccc(C4(O)CCC4)nn3)n1)c1nnc(-c3c(F)cccc3F)cc12. The lowest BCUT2D eigenvalue weighted by Gasteiger charge is -2.37. The Labute approximate surface area is 219 Å². The van der Waals surface area contributed by atoms with Gasteiger partial charge in [-0.3, -0.25) is 4.98 Å². The molecule has 0 amide bonds. The van der Waals surface area contributed by atoms with Gasteiger partial charge in [0.2, 0.25) is 0 Å². The molecule has 1 N–H and O–H groups in total. The smallest absolute Gasteiger partial charge is 0.135 e. The molecule has 7 rings (SSSR count). The summed E-state index contributed by atoms with van der Waals surface area (Å²) >= 11 is 0. The fourth-order valence-corrected chi connectivity index (χ4v) is 7.06. The Morgan fingerprint density at radius 3 is 2.21 bits per heavy atom. The molecule has 6 nitrogen and oxygen atoms in total. The van der Waals surface area contributed by atoms with E-state index in [2.05, 4.69) is 34.2 Å². The van der Waals surface area contributed by atoms with Crippen LogP contribution in [0.5, 0.6) is 0 Å². The lowest BCUT2D eigenvalue weighted by atomic mass is 9.66. The first-order chi connectivity index (χ1) is 18.2. The quantitative estimate of drug-likeness (QED) is 0.370. The third-order valence-corrected chi connectivity index (χ3v) is 9.37. The molecule has 3 aliphatic carbocycles. The molecule has 2 bridgehead atoms. The second-order valence-electron chi connectivity index (χ2n) is 11.4. The number of hydrogen-bond acceptors (Lipinski definition) is 6. The van der Waals surface area contributed by atoms with Gasteiger partial charge in [-0.05, 0) is 91.5 Å². The zero-order valence-electron chi connectivity index (χ0n) is 21.2. The van der Waals surface area contributed by atoms with Gasteiger partial charge in [-0.15, -0.1) is 10.2 Å². The van der Waals surface area contributed by atoms with E-state index in [-0.39, 0.29) is 22.6 Å². The minimum absolute atomic E-state index is 0.147. The van der Waals surface area contributed by atoms with E-state index in [9.17, 15) is 13.9 Å². The third-order valence-electron chi connectivity index (χ3n) is 9.37. The second-order valence-corrected chi connectivity index (χ2v) is 11.4. The molecule has 1 aromatic carbocycles. The van der Waals surface area contributed by atoms with Crippen LogP contribution in [0, 0.1) is 17.0 Å². The van der Waals surface area contributed by atoms with Crippen LogP contribution in [0.3, 0.4) is 0 Å². The summed E-state index contributed by atoms with van der Waals surface area (Å²) in [6.45, 7) is 4.44. The Balaban J connectivity index is 1.31. The Morgan fingerprint density at radius 2 is 1.53 bits per heavy atom. The zero-order valence-corrected chi connectivity index (χ0v) is 21.2. The number of aromatic nitrogens is 5. The first-order valence-corrected chi connectivity index (χ1v) is 13.1. The topological polar surface area (TPSA) is 84.7 Å². The lowest BCUT2D eigenvalue weighted by molar-refractivity contribution is -0.0433. The summed E-state index contributed by atoms with van der Waals surface area (Å²) in [5, 5.41) is 28.3. The number of pyridine rings is 1. The van der Waals surface area contributed by atoms with Gasteiger partial charge in [-0.2, -0.15) is 10.2 Å². The fraction of sp³-hybridized carbons (Fsp3) is 0.367. The molecule has 3 heterocycles. The van der Waals surface area contributed by atoms with Crippen LogP contribution >= 0.6 is 0 Å². The monoisotopic (exact) mass is 511 g/mol. The van der Waals surface area contributed by atoms with Crippen LogP contribution in [0.2, 0.25) is 0 Å².